The van der Waals surface area contributed by atoms with Crippen LogP contribution in [0.15, 0.2) is 57.9 Å². The molecule has 0 amide bonds. The Morgan fingerprint density at radius 1 is 1.16 bits per heavy atom. The molecule has 2 aromatic rings. The molecule has 2 rings (SSSR count). The Bertz CT molecular complexity index is 853. The molecule has 25 heavy (non-hydrogen) atoms. The molecule has 0 spiro atoms. The number of esters is 1. The molecule has 0 aromatic heterocycles. The van der Waals surface area contributed by atoms with Gasteiger partial charge in [-0.1, -0.05) is 23.7 Å². The lowest BCUT2D eigenvalue weighted by molar-refractivity contribution is -0.145. The minimum Gasteiger partial charge on any atom is -0.462 e. The predicted molar refractivity (Wildman–Crippen MR) is 101 cm³/mol. The van der Waals surface area contributed by atoms with Crippen LogP contribution >= 0.6 is 27.5 Å². The highest BCUT2D eigenvalue weighted by atomic mass is 79.9. The first kappa shape index (κ1) is 19.8. The second kappa shape index (κ2) is 8.21. The van der Waals surface area contributed by atoms with Crippen LogP contribution in [0.1, 0.15) is 13.8 Å². The van der Waals surface area contributed by atoms with Crippen molar-refractivity contribution in [3.8, 4) is 0 Å². The molecule has 134 valence electrons. The first-order chi connectivity index (χ1) is 11.7. The van der Waals surface area contributed by atoms with Gasteiger partial charge in [0, 0.05) is 9.50 Å². The van der Waals surface area contributed by atoms with Gasteiger partial charge in [0.15, 0.2) is 0 Å². The minimum absolute atomic E-state index is 0.0324. The Morgan fingerprint density at radius 3 is 2.32 bits per heavy atom. The van der Waals surface area contributed by atoms with Crippen molar-refractivity contribution in [3.05, 3.63) is 58.0 Å². The molecule has 0 fully saturated rings. The van der Waals surface area contributed by atoms with Crippen molar-refractivity contribution in [3.63, 3.8) is 0 Å². The number of carbonyl (C=O) groups excluding carboxylic acids is 1. The average Bonchev–Trinajstić information content (AvgIpc) is 2.53. The fourth-order valence-electron chi connectivity index (χ4n) is 2.10. The molecule has 0 aliphatic heterocycles. The van der Waals surface area contributed by atoms with Crippen molar-refractivity contribution in [1.29, 1.82) is 0 Å². The van der Waals surface area contributed by atoms with Crippen LogP contribution in [0.25, 0.3) is 0 Å². The van der Waals surface area contributed by atoms with Crippen LogP contribution in [0.3, 0.4) is 0 Å². The van der Waals surface area contributed by atoms with E-state index in [9.17, 15) is 13.2 Å². The van der Waals surface area contributed by atoms with Crippen molar-refractivity contribution in [2.75, 3.05) is 10.8 Å². The minimum atomic E-state index is -3.98. The van der Waals surface area contributed by atoms with Gasteiger partial charge in [-0.15, -0.1) is 0 Å². The van der Waals surface area contributed by atoms with Gasteiger partial charge in [-0.2, -0.15) is 0 Å². The van der Waals surface area contributed by atoms with E-state index in [4.69, 9.17) is 16.3 Å². The van der Waals surface area contributed by atoms with Crippen LogP contribution in [0, 0.1) is 0 Å². The number of ether oxygens (including phenoxy) is 1. The highest BCUT2D eigenvalue weighted by Crippen LogP contribution is 2.31. The Morgan fingerprint density at radius 2 is 1.76 bits per heavy atom. The van der Waals surface area contributed by atoms with Crippen molar-refractivity contribution in [2.45, 2.75) is 24.8 Å². The van der Waals surface area contributed by atoms with Crippen LogP contribution in [0.4, 0.5) is 5.69 Å². The molecule has 0 radical (unpaired) electrons. The largest absolute Gasteiger partial charge is 0.462 e. The average molecular weight is 447 g/mol. The summed E-state index contributed by atoms with van der Waals surface area (Å²) in [6.45, 7) is 2.97. The van der Waals surface area contributed by atoms with Crippen LogP contribution in [-0.4, -0.2) is 27.0 Å². The number of benzene rings is 2. The smallest absolute Gasteiger partial charge is 0.327 e. The Kier molecular flexibility index (Phi) is 6.48. The quantitative estimate of drug-likeness (QED) is 0.622. The molecule has 0 saturated heterocycles. The van der Waals surface area contributed by atoms with Crippen molar-refractivity contribution in [1.82, 2.24) is 0 Å². The molecular weight excluding hydrogens is 430 g/mol. The number of para-hydroxylation sites is 1. The number of carbonyl (C=O) groups is 1. The Balaban J connectivity index is 2.48. The van der Waals surface area contributed by atoms with Crippen molar-refractivity contribution >= 4 is 49.2 Å². The maximum absolute atomic E-state index is 13.1. The first-order valence-corrected chi connectivity index (χ1v) is 10.0. The third kappa shape index (κ3) is 4.96. The summed E-state index contributed by atoms with van der Waals surface area (Å²) in [6, 6.07) is 12.5. The van der Waals surface area contributed by atoms with E-state index >= 15 is 0 Å². The molecule has 5 nitrogen and oxygen atoms in total. The van der Waals surface area contributed by atoms with Gasteiger partial charge in [0.05, 0.1) is 16.7 Å². The number of hydrogen-bond donors (Lipinski definition) is 0. The zero-order valence-corrected chi connectivity index (χ0v) is 16.8. The maximum Gasteiger partial charge on any atom is 0.327 e. The standard InChI is InChI=1S/C17H17BrClNO4S/c1-12(2)24-17(21)11-20(16-6-4-3-5-15(16)18)25(22,23)14-9-7-13(19)8-10-14/h3-10,12H,11H2,1-2H3. The number of rotatable bonds is 6. The van der Waals surface area contributed by atoms with E-state index in [1.54, 1.807) is 38.1 Å². The van der Waals surface area contributed by atoms with Gasteiger partial charge < -0.3 is 4.74 Å². The molecule has 0 atom stereocenters. The highest BCUT2D eigenvalue weighted by Gasteiger charge is 2.29. The molecule has 0 aliphatic rings. The summed E-state index contributed by atoms with van der Waals surface area (Å²) < 4.78 is 32.8. The highest BCUT2D eigenvalue weighted by molar-refractivity contribution is 9.10. The summed E-state index contributed by atoms with van der Waals surface area (Å²) in [4.78, 5) is 12.1. The van der Waals surface area contributed by atoms with Crippen LogP contribution in [-0.2, 0) is 19.6 Å². The summed E-state index contributed by atoms with van der Waals surface area (Å²) in [5.41, 5.74) is 0.346. The SMILES string of the molecule is CC(C)OC(=O)CN(c1ccccc1Br)S(=O)(=O)c1ccc(Cl)cc1. The van der Waals surface area contributed by atoms with Gasteiger partial charge in [-0.05, 0) is 66.2 Å². The van der Waals surface area contributed by atoms with Crippen molar-refractivity contribution in [2.24, 2.45) is 0 Å². The molecule has 0 unspecified atom stereocenters. The van der Waals surface area contributed by atoms with Crippen LogP contribution < -0.4 is 4.31 Å². The summed E-state index contributed by atoms with van der Waals surface area (Å²) in [5, 5.41) is 0.422. The molecule has 8 heteroatoms. The zero-order chi connectivity index (χ0) is 18.6. The second-order valence-corrected chi connectivity index (χ2v) is 8.61. The maximum atomic E-state index is 13.1. The van der Waals surface area contributed by atoms with E-state index in [2.05, 4.69) is 15.9 Å². The third-order valence-corrected chi connectivity index (χ3v) is 5.86. The van der Waals surface area contributed by atoms with Crippen LogP contribution in [0.5, 0.6) is 0 Å². The normalized spacial score (nSPS) is 11.4. The van der Waals surface area contributed by atoms with E-state index in [0.29, 0.717) is 15.2 Å². The summed E-state index contributed by atoms with van der Waals surface area (Å²) in [6.07, 6.45) is -0.341. The topological polar surface area (TPSA) is 63.7 Å². The van der Waals surface area contributed by atoms with E-state index < -0.39 is 22.5 Å². The number of hydrogen-bond acceptors (Lipinski definition) is 4. The lowest BCUT2D eigenvalue weighted by atomic mass is 10.3. The molecular formula is C17H17BrClNO4S. The monoisotopic (exact) mass is 445 g/mol. The molecule has 0 saturated carbocycles. The fourth-order valence-corrected chi connectivity index (χ4v) is 4.28. The lowest BCUT2D eigenvalue weighted by Gasteiger charge is -2.25. The molecule has 0 aliphatic carbocycles. The van der Waals surface area contributed by atoms with Gasteiger partial charge in [-0.3, -0.25) is 9.10 Å². The van der Waals surface area contributed by atoms with E-state index in [0.717, 1.165) is 4.31 Å². The fraction of sp³-hybridized carbons (Fsp3) is 0.235. The van der Waals surface area contributed by atoms with E-state index in [-0.39, 0.29) is 11.0 Å². The Labute approximate surface area is 160 Å². The summed E-state index contributed by atoms with van der Waals surface area (Å²) in [7, 11) is -3.98. The van der Waals surface area contributed by atoms with E-state index in [1.165, 1.54) is 24.3 Å². The number of nitrogens with zero attached hydrogens (tertiary/aromatic N) is 1. The predicted octanol–water partition coefficient (Wildman–Crippen LogP) is 4.25. The number of sulfonamides is 1. The second-order valence-electron chi connectivity index (χ2n) is 5.46. The molecule has 2 aromatic carbocycles. The van der Waals surface area contributed by atoms with Gasteiger partial charge in [0.25, 0.3) is 10.0 Å². The van der Waals surface area contributed by atoms with Gasteiger partial charge in [0.2, 0.25) is 0 Å². The molecule has 0 N–H and O–H groups in total. The third-order valence-electron chi connectivity index (χ3n) is 3.16. The summed E-state index contributed by atoms with van der Waals surface area (Å²) in [5.74, 6) is -0.636. The number of halogens is 2. The zero-order valence-electron chi connectivity index (χ0n) is 13.6. The molecule has 0 heterocycles. The van der Waals surface area contributed by atoms with Gasteiger partial charge in [0.1, 0.15) is 6.54 Å². The van der Waals surface area contributed by atoms with Gasteiger partial charge >= 0.3 is 5.97 Å². The van der Waals surface area contributed by atoms with Crippen molar-refractivity contribution < 1.29 is 17.9 Å². The summed E-state index contributed by atoms with van der Waals surface area (Å²) >= 11 is 9.17. The van der Waals surface area contributed by atoms with Gasteiger partial charge in [-0.25, -0.2) is 8.42 Å². The first-order valence-electron chi connectivity index (χ1n) is 7.44. The Hall–Kier alpha value is -1.57. The molecule has 0 bridgehead atoms. The lowest BCUT2D eigenvalue weighted by Crippen LogP contribution is -2.37. The number of anilines is 1. The van der Waals surface area contributed by atoms with E-state index in [1.807, 2.05) is 0 Å². The van der Waals surface area contributed by atoms with Crippen LogP contribution in [0.2, 0.25) is 5.02 Å².